The van der Waals surface area contributed by atoms with Gasteiger partial charge in [0.05, 0.1) is 5.60 Å². The molecule has 1 nitrogen and oxygen atoms in total. The van der Waals surface area contributed by atoms with Crippen LogP contribution < -0.4 is 0 Å². The largest absolute Gasteiger partial charge is 0.385 e. The number of hydrogen-bond donors (Lipinski definition) is 1. The molecule has 1 N–H and O–H groups in total. The quantitative estimate of drug-likeness (QED) is 0.822. The van der Waals surface area contributed by atoms with E-state index in [0.717, 1.165) is 23.8 Å². The molecule has 0 fully saturated rings. The molecule has 1 atom stereocenters. The Hall–Kier alpha value is -1.34. The van der Waals surface area contributed by atoms with E-state index in [2.05, 4.69) is 25.1 Å². The second-order valence-electron chi connectivity index (χ2n) is 4.55. The molecule has 0 radical (unpaired) electrons. The minimum Gasteiger partial charge on any atom is -0.385 e. The maximum Gasteiger partial charge on any atom is 0.0874 e. The van der Waals surface area contributed by atoms with Gasteiger partial charge in [-0.3, -0.25) is 0 Å². The first-order valence-electron chi connectivity index (χ1n) is 5.86. The van der Waals surface area contributed by atoms with Crippen LogP contribution in [0.25, 0.3) is 10.8 Å². The van der Waals surface area contributed by atoms with Crippen molar-refractivity contribution in [1.29, 1.82) is 0 Å². The fourth-order valence-corrected chi connectivity index (χ4v) is 2.32. The molecule has 0 amide bonds. The smallest absolute Gasteiger partial charge is 0.0874 e. The van der Waals surface area contributed by atoms with Gasteiger partial charge in [-0.15, -0.1) is 0 Å². The summed E-state index contributed by atoms with van der Waals surface area (Å²) in [5.41, 5.74) is 0.308. The molecule has 0 aliphatic heterocycles. The van der Waals surface area contributed by atoms with E-state index in [1.165, 1.54) is 5.39 Å². The molecule has 2 rings (SSSR count). The van der Waals surface area contributed by atoms with E-state index in [9.17, 15) is 5.11 Å². The monoisotopic (exact) mass is 214 g/mol. The molecule has 1 heteroatoms. The van der Waals surface area contributed by atoms with Gasteiger partial charge < -0.3 is 5.11 Å². The third kappa shape index (κ3) is 1.96. The average molecular weight is 214 g/mol. The van der Waals surface area contributed by atoms with Crippen molar-refractivity contribution in [3.63, 3.8) is 0 Å². The van der Waals surface area contributed by atoms with Crippen molar-refractivity contribution in [1.82, 2.24) is 0 Å². The molecule has 0 saturated carbocycles. The van der Waals surface area contributed by atoms with Gasteiger partial charge in [0.2, 0.25) is 0 Å². The van der Waals surface area contributed by atoms with Crippen LogP contribution in [0, 0.1) is 0 Å². The van der Waals surface area contributed by atoms with Crippen LogP contribution in [-0.4, -0.2) is 5.11 Å². The van der Waals surface area contributed by atoms with Crippen molar-refractivity contribution in [3.8, 4) is 0 Å². The number of benzene rings is 2. The lowest BCUT2D eigenvalue weighted by Gasteiger charge is -2.24. The van der Waals surface area contributed by atoms with Crippen LogP contribution in [0.3, 0.4) is 0 Å². The van der Waals surface area contributed by atoms with Crippen LogP contribution in [-0.2, 0) is 5.60 Å². The third-order valence-corrected chi connectivity index (χ3v) is 3.11. The first-order valence-corrected chi connectivity index (χ1v) is 5.86. The Bertz CT molecular complexity index is 480. The molecular formula is C15H18O. The minimum atomic E-state index is -0.727. The summed E-state index contributed by atoms with van der Waals surface area (Å²) in [4.78, 5) is 0. The molecule has 0 bridgehead atoms. The van der Waals surface area contributed by atoms with Gasteiger partial charge >= 0.3 is 0 Å². The topological polar surface area (TPSA) is 20.2 Å². The summed E-state index contributed by atoms with van der Waals surface area (Å²) in [7, 11) is 0. The summed E-state index contributed by atoms with van der Waals surface area (Å²) in [5, 5.41) is 12.8. The number of aliphatic hydroxyl groups is 1. The van der Waals surface area contributed by atoms with Gasteiger partial charge in [0.1, 0.15) is 0 Å². The Morgan fingerprint density at radius 2 is 1.75 bits per heavy atom. The SMILES string of the molecule is CCCC(C)(O)c1cccc2ccccc12. The average Bonchev–Trinajstić information content (AvgIpc) is 2.28. The van der Waals surface area contributed by atoms with Crippen LogP contribution >= 0.6 is 0 Å². The Morgan fingerprint density at radius 3 is 2.50 bits per heavy atom. The summed E-state index contributed by atoms with van der Waals surface area (Å²) in [6.07, 6.45) is 1.78. The van der Waals surface area contributed by atoms with E-state index in [1.807, 2.05) is 31.2 Å². The highest BCUT2D eigenvalue weighted by molar-refractivity contribution is 5.86. The lowest BCUT2D eigenvalue weighted by atomic mass is 9.88. The fourth-order valence-electron chi connectivity index (χ4n) is 2.32. The normalized spacial score (nSPS) is 14.9. The van der Waals surface area contributed by atoms with Gasteiger partial charge in [-0.05, 0) is 29.7 Å². The molecule has 0 spiro atoms. The summed E-state index contributed by atoms with van der Waals surface area (Å²) in [5.74, 6) is 0. The van der Waals surface area contributed by atoms with Crippen molar-refractivity contribution < 1.29 is 5.11 Å². The van der Waals surface area contributed by atoms with Crippen molar-refractivity contribution in [2.24, 2.45) is 0 Å². The molecule has 0 aliphatic carbocycles. The van der Waals surface area contributed by atoms with E-state index in [4.69, 9.17) is 0 Å². The number of rotatable bonds is 3. The molecule has 2 aromatic rings. The molecule has 84 valence electrons. The van der Waals surface area contributed by atoms with Crippen LogP contribution in [0.15, 0.2) is 42.5 Å². The zero-order chi connectivity index (χ0) is 11.6. The van der Waals surface area contributed by atoms with Crippen molar-refractivity contribution in [2.75, 3.05) is 0 Å². The van der Waals surface area contributed by atoms with Crippen LogP contribution in [0.2, 0.25) is 0 Å². The van der Waals surface area contributed by atoms with E-state index in [-0.39, 0.29) is 0 Å². The minimum absolute atomic E-state index is 0.727. The molecular weight excluding hydrogens is 196 g/mol. The van der Waals surface area contributed by atoms with Gasteiger partial charge in [0.15, 0.2) is 0 Å². The predicted molar refractivity (Wildman–Crippen MR) is 68.4 cm³/mol. The maximum atomic E-state index is 10.5. The molecule has 16 heavy (non-hydrogen) atoms. The molecule has 0 aromatic heterocycles. The Labute approximate surface area is 96.7 Å². The van der Waals surface area contributed by atoms with Crippen molar-refractivity contribution in [3.05, 3.63) is 48.0 Å². The second-order valence-corrected chi connectivity index (χ2v) is 4.55. The molecule has 2 aromatic carbocycles. The summed E-state index contributed by atoms with van der Waals surface area (Å²) in [6, 6.07) is 14.3. The van der Waals surface area contributed by atoms with Crippen molar-refractivity contribution >= 4 is 10.8 Å². The lowest BCUT2D eigenvalue weighted by Crippen LogP contribution is -2.20. The Kier molecular flexibility index (Phi) is 2.97. The van der Waals surface area contributed by atoms with Gasteiger partial charge in [-0.25, -0.2) is 0 Å². The lowest BCUT2D eigenvalue weighted by molar-refractivity contribution is 0.0485. The van der Waals surface area contributed by atoms with Crippen molar-refractivity contribution in [2.45, 2.75) is 32.3 Å². The summed E-state index contributed by atoms with van der Waals surface area (Å²) in [6.45, 7) is 4.00. The van der Waals surface area contributed by atoms with Gasteiger partial charge in [0, 0.05) is 0 Å². The maximum absolute atomic E-state index is 10.5. The van der Waals surface area contributed by atoms with Crippen LogP contribution in [0.5, 0.6) is 0 Å². The second kappa shape index (κ2) is 4.26. The molecule has 0 saturated heterocycles. The van der Waals surface area contributed by atoms with E-state index >= 15 is 0 Å². The summed E-state index contributed by atoms with van der Waals surface area (Å²) < 4.78 is 0. The van der Waals surface area contributed by atoms with E-state index in [0.29, 0.717) is 0 Å². The van der Waals surface area contributed by atoms with Crippen LogP contribution in [0.4, 0.5) is 0 Å². The molecule has 1 unspecified atom stereocenters. The van der Waals surface area contributed by atoms with E-state index < -0.39 is 5.60 Å². The zero-order valence-electron chi connectivity index (χ0n) is 9.90. The predicted octanol–water partition coefficient (Wildman–Crippen LogP) is 3.85. The van der Waals surface area contributed by atoms with Gasteiger partial charge in [-0.2, -0.15) is 0 Å². The molecule has 0 heterocycles. The van der Waals surface area contributed by atoms with E-state index in [1.54, 1.807) is 0 Å². The Morgan fingerprint density at radius 1 is 1.06 bits per heavy atom. The van der Waals surface area contributed by atoms with Crippen LogP contribution in [0.1, 0.15) is 32.3 Å². The molecule has 0 aliphatic rings. The van der Waals surface area contributed by atoms with Gasteiger partial charge in [-0.1, -0.05) is 55.8 Å². The first kappa shape index (κ1) is 11.2. The summed E-state index contributed by atoms with van der Waals surface area (Å²) >= 11 is 0. The first-order chi connectivity index (χ1) is 7.65. The standard InChI is InChI=1S/C15H18O/c1-3-11-15(2,16)14-10-6-8-12-7-4-5-9-13(12)14/h4-10,16H,3,11H2,1-2H3. The number of hydrogen-bond acceptors (Lipinski definition) is 1. The van der Waals surface area contributed by atoms with Gasteiger partial charge in [0.25, 0.3) is 0 Å². The highest BCUT2D eigenvalue weighted by Crippen LogP contribution is 2.31. The third-order valence-electron chi connectivity index (χ3n) is 3.11. The highest BCUT2D eigenvalue weighted by Gasteiger charge is 2.23. The zero-order valence-corrected chi connectivity index (χ0v) is 9.90. The fraction of sp³-hybridized carbons (Fsp3) is 0.333. The Balaban J connectivity index is 2.60. The number of fused-ring (bicyclic) bond motifs is 1. The highest BCUT2D eigenvalue weighted by atomic mass is 16.3.